The van der Waals surface area contributed by atoms with Crippen LogP contribution < -0.4 is 0 Å². The van der Waals surface area contributed by atoms with Gasteiger partial charge in [0, 0.05) is 0 Å². The lowest BCUT2D eigenvalue weighted by Gasteiger charge is -2.12. The number of carboxylic acids is 1. The molecule has 17 heavy (non-hydrogen) atoms. The van der Waals surface area contributed by atoms with Gasteiger partial charge in [-0.2, -0.15) is 8.42 Å². The number of hydrogen-bond acceptors (Lipinski definition) is 5. The van der Waals surface area contributed by atoms with Gasteiger partial charge in [-0.15, -0.1) is 0 Å². The van der Waals surface area contributed by atoms with Crippen LogP contribution in [0.5, 0.6) is 0 Å². The van der Waals surface area contributed by atoms with Gasteiger partial charge in [0.15, 0.2) is 5.25 Å². The minimum absolute atomic E-state index is 0.0118. The maximum absolute atomic E-state index is 11.3. The van der Waals surface area contributed by atoms with Crippen molar-refractivity contribution in [2.45, 2.75) is 31.9 Å². The summed E-state index contributed by atoms with van der Waals surface area (Å²) in [6.45, 7) is 3.75. The third-order valence-electron chi connectivity index (χ3n) is 1.92. The highest BCUT2D eigenvalue weighted by Gasteiger charge is 2.34. The van der Waals surface area contributed by atoms with Crippen molar-refractivity contribution >= 4 is 22.1 Å². The van der Waals surface area contributed by atoms with Gasteiger partial charge in [0.25, 0.3) is 10.1 Å². The SMILES string of the molecule is CC(C)CCOC(=O)C(CC(=O)O)S(=O)(=O)O. The third-order valence-corrected chi connectivity index (χ3v) is 3.00. The maximum atomic E-state index is 11.3. The molecule has 0 aromatic heterocycles. The summed E-state index contributed by atoms with van der Waals surface area (Å²) in [4.78, 5) is 21.6. The molecule has 0 bridgehead atoms. The molecule has 0 aliphatic carbocycles. The number of rotatable bonds is 7. The molecule has 0 rings (SSSR count). The highest BCUT2D eigenvalue weighted by molar-refractivity contribution is 7.87. The van der Waals surface area contributed by atoms with E-state index in [-0.39, 0.29) is 12.5 Å². The summed E-state index contributed by atoms with van der Waals surface area (Å²) in [5.74, 6) is -2.49. The molecular weight excluding hydrogens is 252 g/mol. The van der Waals surface area contributed by atoms with Crippen LogP contribution in [0, 0.1) is 5.92 Å². The summed E-state index contributed by atoms with van der Waals surface area (Å²) in [6.07, 6.45) is -0.490. The molecule has 1 unspecified atom stereocenters. The van der Waals surface area contributed by atoms with Gasteiger partial charge in [-0.05, 0) is 12.3 Å². The smallest absolute Gasteiger partial charge is 0.327 e. The Bertz CT molecular complexity index is 371. The molecule has 0 spiro atoms. The molecule has 0 saturated carbocycles. The van der Waals surface area contributed by atoms with Crippen molar-refractivity contribution < 1.29 is 32.4 Å². The highest BCUT2D eigenvalue weighted by atomic mass is 32.2. The Kier molecular flexibility index (Phi) is 6.11. The zero-order chi connectivity index (χ0) is 13.6. The normalized spacial score (nSPS) is 13.4. The van der Waals surface area contributed by atoms with E-state index in [9.17, 15) is 18.0 Å². The molecule has 0 saturated heterocycles. The molecule has 7 nitrogen and oxygen atoms in total. The van der Waals surface area contributed by atoms with Crippen LogP contribution in [-0.4, -0.2) is 41.9 Å². The van der Waals surface area contributed by atoms with E-state index in [0.717, 1.165) is 0 Å². The lowest BCUT2D eigenvalue weighted by molar-refractivity contribution is -0.147. The fourth-order valence-corrected chi connectivity index (χ4v) is 1.62. The number of carboxylic acid groups (broad SMARTS) is 1. The average molecular weight is 268 g/mol. The minimum atomic E-state index is -4.77. The Labute approximate surface area is 99.5 Å². The van der Waals surface area contributed by atoms with Crippen LogP contribution in [-0.2, 0) is 24.4 Å². The topological polar surface area (TPSA) is 118 Å². The second kappa shape index (κ2) is 6.55. The molecule has 0 heterocycles. The molecule has 1 atom stereocenters. The summed E-state index contributed by atoms with van der Waals surface area (Å²) in [5, 5.41) is 6.36. The summed E-state index contributed by atoms with van der Waals surface area (Å²) >= 11 is 0. The van der Waals surface area contributed by atoms with Crippen molar-refractivity contribution in [1.29, 1.82) is 0 Å². The standard InChI is InChI=1S/C9H16O7S/c1-6(2)3-4-16-9(12)7(5-8(10)11)17(13,14)15/h6-7H,3-5H2,1-2H3,(H,10,11)(H,13,14,15). The van der Waals surface area contributed by atoms with E-state index in [1.54, 1.807) is 0 Å². The van der Waals surface area contributed by atoms with Gasteiger partial charge < -0.3 is 9.84 Å². The Hall–Kier alpha value is -1.15. The van der Waals surface area contributed by atoms with Gasteiger partial charge in [-0.25, -0.2) is 0 Å². The molecule has 100 valence electrons. The van der Waals surface area contributed by atoms with E-state index >= 15 is 0 Å². The third kappa shape index (κ3) is 6.90. The van der Waals surface area contributed by atoms with Gasteiger partial charge >= 0.3 is 11.9 Å². The molecule has 0 aliphatic rings. The van der Waals surface area contributed by atoms with Crippen molar-refractivity contribution in [1.82, 2.24) is 0 Å². The van der Waals surface area contributed by atoms with Crippen molar-refractivity contribution in [3.8, 4) is 0 Å². The van der Waals surface area contributed by atoms with E-state index in [1.165, 1.54) is 0 Å². The molecule has 2 N–H and O–H groups in total. The van der Waals surface area contributed by atoms with E-state index in [0.29, 0.717) is 6.42 Å². The zero-order valence-corrected chi connectivity index (χ0v) is 10.4. The molecular formula is C9H16O7S. The number of esters is 1. The fraction of sp³-hybridized carbons (Fsp3) is 0.778. The average Bonchev–Trinajstić information content (AvgIpc) is 2.11. The largest absolute Gasteiger partial charge is 0.481 e. The highest BCUT2D eigenvalue weighted by Crippen LogP contribution is 2.08. The summed E-state index contributed by atoms with van der Waals surface area (Å²) in [5.41, 5.74) is 0. The minimum Gasteiger partial charge on any atom is -0.481 e. The molecule has 8 heteroatoms. The predicted octanol–water partition coefficient (Wildman–Crippen LogP) is 0.307. The Balaban J connectivity index is 4.50. The number of hydrogen-bond donors (Lipinski definition) is 2. The number of ether oxygens (including phenoxy) is 1. The maximum Gasteiger partial charge on any atom is 0.327 e. The van der Waals surface area contributed by atoms with E-state index in [4.69, 9.17) is 9.66 Å². The van der Waals surface area contributed by atoms with Crippen LogP contribution in [0.2, 0.25) is 0 Å². The van der Waals surface area contributed by atoms with Crippen LogP contribution in [0.3, 0.4) is 0 Å². The second-order valence-corrected chi connectivity index (χ2v) is 5.55. The number of carbonyl (C=O) groups is 2. The second-order valence-electron chi connectivity index (χ2n) is 3.95. The van der Waals surface area contributed by atoms with E-state index in [1.807, 2.05) is 13.8 Å². The monoisotopic (exact) mass is 268 g/mol. The van der Waals surface area contributed by atoms with Crippen molar-refractivity contribution in [3.63, 3.8) is 0 Å². The van der Waals surface area contributed by atoms with Gasteiger partial charge in [-0.1, -0.05) is 13.8 Å². The van der Waals surface area contributed by atoms with Crippen LogP contribution in [0.25, 0.3) is 0 Å². The summed E-state index contributed by atoms with van der Waals surface area (Å²) < 4.78 is 34.9. The van der Waals surface area contributed by atoms with Crippen LogP contribution >= 0.6 is 0 Å². The molecule has 0 radical (unpaired) electrons. The van der Waals surface area contributed by atoms with E-state index in [2.05, 4.69) is 4.74 Å². The first-order valence-corrected chi connectivity index (χ1v) is 6.49. The van der Waals surface area contributed by atoms with Crippen molar-refractivity contribution in [3.05, 3.63) is 0 Å². The predicted molar refractivity (Wildman–Crippen MR) is 58.0 cm³/mol. The van der Waals surface area contributed by atoms with Gasteiger partial charge in [0.2, 0.25) is 0 Å². The Morgan fingerprint density at radius 3 is 2.18 bits per heavy atom. The lowest BCUT2D eigenvalue weighted by Crippen LogP contribution is -2.34. The molecule has 0 aromatic rings. The fourth-order valence-electron chi connectivity index (χ4n) is 0.957. The first-order valence-electron chi connectivity index (χ1n) is 4.99. The Morgan fingerprint density at radius 2 is 1.82 bits per heavy atom. The summed E-state index contributed by atoms with van der Waals surface area (Å²) in [7, 11) is -4.77. The van der Waals surface area contributed by atoms with Gasteiger partial charge in [0.05, 0.1) is 13.0 Å². The van der Waals surface area contributed by atoms with Crippen LogP contribution in [0.1, 0.15) is 26.7 Å². The zero-order valence-electron chi connectivity index (χ0n) is 9.62. The van der Waals surface area contributed by atoms with Crippen molar-refractivity contribution in [2.24, 2.45) is 5.92 Å². The summed E-state index contributed by atoms with van der Waals surface area (Å²) in [6, 6.07) is 0. The quantitative estimate of drug-likeness (QED) is 0.503. The van der Waals surface area contributed by atoms with Crippen LogP contribution in [0.4, 0.5) is 0 Å². The molecule has 0 fully saturated rings. The number of carbonyl (C=O) groups excluding carboxylic acids is 1. The molecule has 0 amide bonds. The van der Waals surface area contributed by atoms with Crippen molar-refractivity contribution in [2.75, 3.05) is 6.61 Å². The Morgan fingerprint density at radius 1 is 1.29 bits per heavy atom. The lowest BCUT2D eigenvalue weighted by atomic mass is 10.1. The van der Waals surface area contributed by atoms with Gasteiger partial charge in [-0.3, -0.25) is 14.1 Å². The van der Waals surface area contributed by atoms with Gasteiger partial charge in [0.1, 0.15) is 0 Å². The van der Waals surface area contributed by atoms with E-state index < -0.39 is 33.7 Å². The molecule has 0 aromatic carbocycles. The molecule has 0 aliphatic heterocycles. The number of aliphatic carboxylic acids is 1. The van der Waals surface area contributed by atoms with Crippen LogP contribution in [0.15, 0.2) is 0 Å². The first kappa shape index (κ1) is 15.9. The first-order chi connectivity index (χ1) is 7.64.